The number of amides is 1. The van der Waals surface area contributed by atoms with Crippen LogP contribution >= 0.6 is 23.2 Å². The number of likely N-dealkylation sites (N-methyl/N-ethyl adjacent to an activating group) is 1. The van der Waals surface area contributed by atoms with Crippen LogP contribution in [0.4, 0.5) is 0 Å². The van der Waals surface area contributed by atoms with E-state index in [0.717, 1.165) is 11.3 Å². The Labute approximate surface area is 158 Å². The fourth-order valence-corrected chi connectivity index (χ4v) is 3.11. The number of benzene rings is 2. The van der Waals surface area contributed by atoms with Gasteiger partial charge in [0.1, 0.15) is 5.75 Å². The number of methoxy groups -OCH3 is 1. The summed E-state index contributed by atoms with van der Waals surface area (Å²) in [5, 5.41) is 3.96. The van der Waals surface area contributed by atoms with Crippen molar-refractivity contribution in [3.05, 3.63) is 63.6 Å². The molecule has 0 heterocycles. The zero-order valence-corrected chi connectivity index (χ0v) is 16.1. The van der Waals surface area contributed by atoms with Gasteiger partial charge in [0.05, 0.1) is 19.6 Å². The number of hydrogen-bond donors (Lipinski definition) is 1. The second-order valence-corrected chi connectivity index (χ2v) is 6.75. The molecule has 0 aliphatic carbocycles. The zero-order chi connectivity index (χ0) is 18.4. The van der Waals surface area contributed by atoms with Crippen LogP contribution in [-0.4, -0.2) is 38.6 Å². The molecule has 0 aromatic heterocycles. The SMILES string of the molecule is COc1cccc([C@H](CNC(=O)Cc2c(Cl)cccc2Cl)N(C)C)c1. The van der Waals surface area contributed by atoms with E-state index in [-0.39, 0.29) is 18.4 Å². The molecule has 25 heavy (non-hydrogen) atoms. The monoisotopic (exact) mass is 380 g/mol. The van der Waals surface area contributed by atoms with Gasteiger partial charge in [-0.1, -0.05) is 41.4 Å². The molecule has 0 unspecified atom stereocenters. The molecule has 0 aliphatic rings. The summed E-state index contributed by atoms with van der Waals surface area (Å²) in [6, 6.07) is 13.1. The second kappa shape index (κ2) is 9.09. The maximum atomic E-state index is 12.3. The molecule has 1 atom stereocenters. The molecule has 0 bridgehead atoms. The highest BCUT2D eigenvalue weighted by molar-refractivity contribution is 6.36. The highest BCUT2D eigenvalue weighted by Crippen LogP contribution is 2.25. The molecular weight excluding hydrogens is 359 g/mol. The molecule has 134 valence electrons. The van der Waals surface area contributed by atoms with Crippen LogP contribution in [-0.2, 0) is 11.2 Å². The molecule has 6 heteroatoms. The third-order valence-electron chi connectivity index (χ3n) is 3.99. The van der Waals surface area contributed by atoms with Gasteiger partial charge in [0, 0.05) is 16.6 Å². The smallest absolute Gasteiger partial charge is 0.224 e. The Morgan fingerprint density at radius 2 is 1.80 bits per heavy atom. The second-order valence-electron chi connectivity index (χ2n) is 5.94. The molecule has 0 aliphatic heterocycles. The summed E-state index contributed by atoms with van der Waals surface area (Å²) in [5.41, 5.74) is 1.71. The lowest BCUT2D eigenvalue weighted by molar-refractivity contribution is -0.120. The first-order valence-electron chi connectivity index (χ1n) is 7.92. The zero-order valence-electron chi connectivity index (χ0n) is 14.6. The molecule has 4 nitrogen and oxygen atoms in total. The van der Waals surface area contributed by atoms with E-state index in [9.17, 15) is 4.79 Å². The lowest BCUT2D eigenvalue weighted by atomic mass is 10.1. The fourth-order valence-electron chi connectivity index (χ4n) is 2.58. The minimum atomic E-state index is -0.121. The highest BCUT2D eigenvalue weighted by Gasteiger charge is 2.17. The number of carbonyl (C=O) groups is 1. The van der Waals surface area contributed by atoms with Crippen molar-refractivity contribution >= 4 is 29.1 Å². The lowest BCUT2D eigenvalue weighted by Crippen LogP contribution is -2.35. The standard InChI is InChI=1S/C19H22Cl2N2O2/c1-23(2)18(13-6-4-7-14(10-13)25-3)12-22-19(24)11-15-16(20)8-5-9-17(15)21/h4-10,18H,11-12H2,1-3H3,(H,22,24)/t18-/m0/s1. The maximum Gasteiger partial charge on any atom is 0.224 e. The van der Waals surface area contributed by atoms with Crippen LogP contribution in [0.25, 0.3) is 0 Å². The van der Waals surface area contributed by atoms with Gasteiger partial charge in [-0.3, -0.25) is 4.79 Å². The lowest BCUT2D eigenvalue weighted by Gasteiger charge is -2.25. The van der Waals surface area contributed by atoms with E-state index in [2.05, 4.69) is 10.2 Å². The Balaban J connectivity index is 2.04. The fraction of sp³-hybridized carbons (Fsp3) is 0.316. The van der Waals surface area contributed by atoms with E-state index in [1.54, 1.807) is 25.3 Å². The minimum Gasteiger partial charge on any atom is -0.497 e. The summed E-state index contributed by atoms with van der Waals surface area (Å²) >= 11 is 12.3. The summed E-state index contributed by atoms with van der Waals surface area (Å²) in [5.74, 6) is 0.670. The first-order chi connectivity index (χ1) is 11.9. The number of ether oxygens (including phenoxy) is 1. The van der Waals surface area contributed by atoms with Crippen LogP contribution in [0.3, 0.4) is 0 Å². The van der Waals surface area contributed by atoms with Gasteiger partial charge in [-0.2, -0.15) is 0 Å². The van der Waals surface area contributed by atoms with Crippen molar-refractivity contribution in [2.75, 3.05) is 27.7 Å². The number of rotatable bonds is 7. The predicted octanol–water partition coefficient (Wildman–Crippen LogP) is 3.96. The van der Waals surface area contributed by atoms with E-state index in [1.165, 1.54) is 0 Å². The molecule has 2 aromatic rings. The number of hydrogen-bond acceptors (Lipinski definition) is 3. The first kappa shape index (κ1) is 19.6. The average molecular weight is 381 g/mol. The molecule has 0 saturated carbocycles. The van der Waals surface area contributed by atoms with E-state index >= 15 is 0 Å². The Morgan fingerprint density at radius 3 is 2.40 bits per heavy atom. The molecule has 0 saturated heterocycles. The van der Waals surface area contributed by atoms with Gasteiger partial charge in [-0.25, -0.2) is 0 Å². The van der Waals surface area contributed by atoms with Gasteiger partial charge < -0.3 is 15.0 Å². The quantitative estimate of drug-likeness (QED) is 0.789. The Bertz CT molecular complexity index is 715. The van der Waals surface area contributed by atoms with Crippen molar-refractivity contribution in [2.24, 2.45) is 0 Å². The van der Waals surface area contributed by atoms with Gasteiger partial charge in [-0.15, -0.1) is 0 Å². The minimum absolute atomic E-state index is 0.0285. The molecule has 0 radical (unpaired) electrons. The summed E-state index contributed by atoms with van der Waals surface area (Å²) < 4.78 is 5.28. The predicted molar refractivity (Wildman–Crippen MR) is 103 cm³/mol. The summed E-state index contributed by atoms with van der Waals surface area (Å²) in [7, 11) is 5.58. The van der Waals surface area contributed by atoms with Gasteiger partial charge >= 0.3 is 0 Å². The van der Waals surface area contributed by atoms with Crippen LogP contribution in [0.2, 0.25) is 10.0 Å². The maximum absolute atomic E-state index is 12.3. The Kier molecular flexibility index (Phi) is 7.12. The molecule has 0 fully saturated rings. The summed E-state index contributed by atoms with van der Waals surface area (Å²) in [6.07, 6.45) is 0.150. The van der Waals surface area contributed by atoms with Gasteiger partial charge in [-0.05, 0) is 49.5 Å². The topological polar surface area (TPSA) is 41.6 Å². The van der Waals surface area contributed by atoms with E-state index in [0.29, 0.717) is 22.2 Å². The van der Waals surface area contributed by atoms with Crippen molar-refractivity contribution in [3.8, 4) is 5.75 Å². The largest absolute Gasteiger partial charge is 0.497 e. The Morgan fingerprint density at radius 1 is 1.16 bits per heavy atom. The van der Waals surface area contributed by atoms with Gasteiger partial charge in [0.2, 0.25) is 5.91 Å². The molecule has 2 aromatic carbocycles. The molecule has 1 amide bonds. The number of nitrogens with zero attached hydrogens (tertiary/aromatic N) is 1. The van der Waals surface area contributed by atoms with Crippen LogP contribution in [0.5, 0.6) is 5.75 Å². The van der Waals surface area contributed by atoms with E-state index < -0.39 is 0 Å². The summed E-state index contributed by atoms with van der Waals surface area (Å²) in [4.78, 5) is 14.4. The van der Waals surface area contributed by atoms with Crippen molar-refractivity contribution in [3.63, 3.8) is 0 Å². The number of halogens is 2. The van der Waals surface area contributed by atoms with Gasteiger partial charge in [0.15, 0.2) is 0 Å². The Hall–Kier alpha value is -1.75. The van der Waals surface area contributed by atoms with Crippen LogP contribution < -0.4 is 10.1 Å². The third kappa shape index (κ3) is 5.36. The molecule has 2 rings (SSSR count). The first-order valence-corrected chi connectivity index (χ1v) is 8.68. The number of carbonyl (C=O) groups excluding carboxylic acids is 1. The van der Waals surface area contributed by atoms with E-state index in [4.69, 9.17) is 27.9 Å². The summed E-state index contributed by atoms with van der Waals surface area (Å²) in [6.45, 7) is 0.473. The highest BCUT2D eigenvalue weighted by atomic mass is 35.5. The molecule has 1 N–H and O–H groups in total. The van der Waals surface area contributed by atoms with E-state index in [1.807, 2.05) is 38.4 Å². The van der Waals surface area contributed by atoms with Crippen LogP contribution in [0.1, 0.15) is 17.2 Å². The van der Waals surface area contributed by atoms with Crippen molar-refractivity contribution in [1.82, 2.24) is 10.2 Å². The van der Waals surface area contributed by atoms with Crippen LogP contribution in [0.15, 0.2) is 42.5 Å². The molecule has 0 spiro atoms. The molecular formula is C19H22Cl2N2O2. The third-order valence-corrected chi connectivity index (χ3v) is 4.70. The van der Waals surface area contributed by atoms with Gasteiger partial charge in [0.25, 0.3) is 0 Å². The number of nitrogens with one attached hydrogen (secondary N) is 1. The average Bonchev–Trinajstić information content (AvgIpc) is 2.58. The van der Waals surface area contributed by atoms with Crippen molar-refractivity contribution < 1.29 is 9.53 Å². The van der Waals surface area contributed by atoms with Crippen LogP contribution in [0, 0.1) is 0 Å². The normalized spacial score (nSPS) is 12.1. The van der Waals surface area contributed by atoms with Crippen molar-refractivity contribution in [1.29, 1.82) is 0 Å². The van der Waals surface area contributed by atoms with Crippen molar-refractivity contribution in [2.45, 2.75) is 12.5 Å².